The third-order valence-corrected chi connectivity index (χ3v) is 2.08. The van der Waals surface area contributed by atoms with Crippen molar-refractivity contribution < 1.29 is 30.1 Å². The molecular weight excluding hydrogens is 236 g/mol. The van der Waals surface area contributed by atoms with Crippen molar-refractivity contribution in [2.24, 2.45) is 0 Å². The summed E-state index contributed by atoms with van der Waals surface area (Å²) >= 11 is 0. The quantitative estimate of drug-likeness (QED) is 0.237. The summed E-state index contributed by atoms with van der Waals surface area (Å²) in [4.78, 5) is 20.3. The van der Waals surface area contributed by atoms with Gasteiger partial charge in [0.15, 0.2) is 0 Å². The van der Waals surface area contributed by atoms with Crippen LogP contribution in [-0.4, -0.2) is 68.8 Å². The molecular formula is C8H16N2O7. The van der Waals surface area contributed by atoms with Crippen LogP contribution in [0.15, 0.2) is 0 Å². The molecule has 9 nitrogen and oxygen atoms in total. The van der Waals surface area contributed by atoms with Gasteiger partial charge in [-0.25, -0.2) is 0 Å². The van der Waals surface area contributed by atoms with Crippen LogP contribution in [-0.2, 0) is 4.79 Å². The molecule has 4 atom stereocenters. The largest absolute Gasteiger partial charge is 0.394 e. The van der Waals surface area contributed by atoms with E-state index in [4.69, 9.17) is 10.2 Å². The Kier molecular flexibility index (Phi) is 6.58. The maximum absolute atomic E-state index is 10.8. The first-order valence-electron chi connectivity index (χ1n) is 4.83. The average Bonchev–Trinajstić information content (AvgIpc) is 2.23. The maximum atomic E-state index is 10.8. The molecule has 0 aliphatic rings. The maximum Gasteiger partial charge on any atom is 0.226 e. The fourth-order valence-electron chi connectivity index (χ4n) is 1.23. The lowest BCUT2D eigenvalue weighted by Crippen LogP contribution is -2.55. The molecule has 9 heteroatoms. The fourth-order valence-corrected chi connectivity index (χ4v) is 1.23. The summed E-state index contributed by atoms with van der Waals surface area (Å²) in [6, 6.07) is -1.35. The number of amides is 1. The molecule has 0 fully saturated rings. The van der Waals surface area contributed by atoms with Gasteiger partial charge in [0.05, 0.1) is 6.61 Å². The molecule has 0 rings (SSSR count). The van der Waals surface area contributed by atoms with Crippen LogP contribution >= 0.6 is 0 Å². The van der Waals surface area contributed by atoms with E-state index in [0.29, 0.717) is 0 Å². The zero-order valence-corrected chi connectivity index (χ0v) is 9.18. The van der Waals surface area contributed by atoms with Gasteiger partial charge < -0.3 is 25.7 Å². The minimum atomic E-state index is -1.79. The Morgan fingerprint density at radius 3 is 2.24 bits per heavy atom. The number of nitrogens with zero attached hydrogens (tertiary/aromatic N) is 1. The number of rotatable bonds is 7. The van der Waals surface area contributed by atoms with Crippen molar-refractivity contribution in [3.63, 3.8) is 0 Å². The summed E-state index contributed by atoms with van der Waals surface area (Å²) in [5, 5.41) is 48.9. The second kappa shape index (κ2) is 7.12. The molecule has 0 heterocycles. The van der Waals surface area contributed by atoms with Gasteiger partial charge in [-0.2, -0.15) is 0 Å². The lowest BCUT2D eigenvalue weighted by Gasteiger charge is -2.26. The van der Waals surface area contributed by atoms with Gasteiger partial charge in [-0.05, 0) is 0 Å². The van der Waals surface area contributed by atoms with E-state index in [1.54, 1.807) is 0 Å². The van der Waals surface area contributed by atoms with Crippen LogP contribution in [0.3, 0.4) is 0 Å². The monoisotopic (exact) mass is 252 g/mol. The van der Waals surface area contributed by atoms with E-state index in [1.807, 2.05) is 0 Å². The highest BCUT2D eigenvalue weighted by molar-refractivity contribution is 5.73. The van der Waals surface area contributed by atoms with Crippen molar-refractivity contribution >= 4 is 5.91 Å². The summed E-state index contributed by atoms with van der Waals surface area (Å²) in [5.74, 6) is -0.624. The summed E-state index contributed by atoms with van der Waals surface area (Å²) in [6.07, 6.45) is -5.20. The van der Waals surface area contributed by atoms with Crippen molar-refractivity contribution in [1.29, 1.82) is 0 Å². The minimum absolute atomic E-state index is 0.624. The van der Waals surface area contributed by atoms with Gasteiger partial charge in [-0.1, -0.05) is 0 Å². The number of nitrogens with one attached hydrogen (secondary N) is 1. The predicted octanol–water partition coefficient (Wildman–Crippen LogP) is -3.16. The van der Waals surface area contributed by atoms with Crippen LogP contribution in [0.4, 0.5) is 0 Å². The molecule has 0 spiro atoms. The van der Waals surface area contributed by atoms with Crippen LogP contribution in [0.25, 0.3) is 0 Å². The van der Waals surface area contributed by atoms with Crippen molar-refractivity contribution in [3.8, 4) is 0 Å². The van der Waals surface area contributed by atoms with E-state index in [-0.39, 0.29) is 0 Å². The number of aliphatic hydroxyl groups is 4. The molecule has 0 aliphatic heterocycles. The van der Waals surface area contributed by atoms with Crippen LogP contribution in [0.2, 0.25) is 0 Å². The van der Waals surface area contributed by atoms with E-state index in [1.165, 1.54) is 0 Å². The zero-order chi connectivity index (χ0) is 13.6. The predicted molar refractivity (Wildman–Crippen MR) is 54.6 cm³/mol. The molecule has 0 bridgehead atoms. The molecule has 100 valence electrons. The van der Waals surface area contributed by atoms with Crippen LogP contribution in [0.1, 0.15) is 6.92 Å². The molecule has 17 heavy (non-hydrogen) atoms. The van der Waals surface area contributed by atoms with Gasteiger partial charge in [-0.15, -0.1) is 0 Å². The van der Waals surface area contributed by atoms with Gasteiger partial charge >= 0.3 is 0 Å². The smallest absolute Gasteiger partial charge is 0.226 e. The summed E-state index contributed by atoms with van der Waals surface area (Å²) in [5.41, 5.74) is 0. The second-order valence-electron chi connectivity index (χ2n) is 3.55. The number of aliphatic hydroxyl groups excluding tert-OH is 4. The molecule has 0 saturated carbocycles. The Balaban J connectivity index is 4.65. The fraction of sp³-hybridized carbons (Fsp3) is 0.875. The van der Waals surface area contributed by atoms with E-state index in [0.717, 1.165) is 6.92 Å². The van der Waals surface area contributed by atoms with Gasteiger partial charge in [0, 0.05) is 11.8 Å². The summed E-state index contributed by atoms with van der Waals surface area (Å²) < 4.78 is 0. The zero-order valence-electron chi connectivity index (χ0n) is 9.18. The average molecular weight is 252 g/mol. The molecule has 0 aromatic rings. The Bertz CT molecular complexity index is 257. The van der Waals surface area contributed by atoms with E-state index >= 15 is 0 Å². The van der Waals surface area contributed by atoms with Crippen molar-refractivity contribution in [2.75, 3.05) is 13.2 Å². The number of carbonyl (C=O) groups excluding carboxylic acids is 1. The van der Waals surface area contributed by atoms with E-state index < -0.39 is 48.3 Å². The number of carbonyl (C=O) groups is 1. The number of hydrogen-bond acceptors (Lipinski definition) is 7. The lowest BCUT2D eigenvalue weighted by atomic mass is 10.0. The van der Waals surface area contributed by atoms with E-state index in [2.05, 4.69) is 5.32 Å². The Morgan fingerprint density at radius 2 is 1.88 bits per heavy atom. The molecule has 0 aromatic carbocycles. The standard InChI is InChI=1S/C8H16N2O7/c1-4(12)9-5(2-10(16)17)7(14)8(15)6(13)3-11/h5-8,11,13-15H,2-3H2,1H3,(H,9,12)/t5-,6+,7-,8+/m0/s1. The number of nitro groups is 1. The number of hydrogen-bond donors (Lipinski definition) is 5. The Labute approximate surface area is 96.8 Å². The molecule has 0 saturated heterocycles. The van der Waals surface area contributed by atoms with Crippen molar-refractivity contribution in [2.45, 2.75) is 31.3 Å². The highest BCUT2D eigenvalue weighted by Crippen LogP contribution is 2.05. The van der Waals surface area contributed by atoms with Crippen LogP contribution in [0.5, 0.6) is 0 Å². The summed E-state index contributed by atoms with van der Waals surface area (Å²) in [7, 11) is 0. The normalized spacial score (nSPS) is 17.9. The van der Waals surface area contributed by atoms with Gasteiger partial charge in [0.1, 0.15) is 24.4 Å². The van der Waals surface area contributed by atoms with Gasteiger partial charge in [0.2, 0.25) is 12.5 Å². The second-order valence-corrected chi connectivity index (χ2v) is 3.55. The third-order valence-electron chi connectivity index (χ3n) is 2.08. The van der Waals surface area contributed by atoms with Crippen molar-refractivity contribution in [3.05, 3.63) is 10.1 Å². The van der Waals surface area contributed by atoms with Crippen molar-refractivity contribution in [1.82, 2.24) is 5.32 Å². The molecule has 0 unspecified atom stereocenters. The Hall–Kier alpha value is -1.29. The molecule has 1 amide bonds. The SMILES string of the molecule is CC(=O)N[C@@H](C[N+](=O)[O-])[C@H](O)[C@H](O)[C@H](O)CO. The van der Waals surface area contributed by atoms with Gasteiger partial charge in [-0.3, -0.25) is 14.9 Å². The van der Waals surface area contributed by atoms with Gasteiger partial charge in [0.25, 0.3) is 0 Å². The summed E-state index contributed by atoms with van der Waals surface area (Å²) in [6.45, 7) is -0.534. The lowest BCUT2D eigenvalue weighted by molar-refractivity contribution is -0.485. The Morgan fingerprint density at radius 1 is 1.35 bits per heavy atom. The minimum Gasteiger partial charge on any atom is -0.394 e. The van der Waals surface area contributed by atoms with E-state index in [9.17, 15) is 25.1 Å². The third kappa shape index (κ3) is 5.54. The molecule has 0 radical (unpaired) electrons. The molecule has 0 aromatic heterocycles. The first-order valence-corrected chi connectivity index (χ1v) is 4.83. The van der Waals surface area contributed by atoms with Crippen LogP contribution in [0, 0.1) is 10.1 Å². The van der Waals surface area contributed by atoms with Crippen LogP contribution < -0.4 is 5.32 Å². The molecule has 5 N–H and O–H groups in total. The highest BCUT2D eigenvalue weighted by Gasteiger charge is 2.34. The first kappa shape index (κ1) is 15.7. The topological polar surface area (TPSA) is 153 Å². The first-order chi connectivity index (χ1) is 7.79. The molecule has 0 aliphatic carbocycles. The highest BCUT2D eigenvalue weighted by atomic mass is 16.6.